The molecule has 0 fully saturated rings. The van der Waals surface area contributed by atoms with E-state index in [1.807, 2.05) is 0 Å². The molecule has 0 unspecified atom stereocenters. The molecule has 0 spiro atoms. The zero-order valence-electron chi connectivity index (χ0n) is 8.27. The molecule has 0 saturated heterocycles. The lowest BCUT2D eigenvalue weighted by Crippen LogP contribution is -2.09. The fourth-order valence-electron chi connectivity index (χ4n) is 1.09. The monoisotopic (exact) mass is 282 g/mol. The average molecular weight is 283 g/mol. The van der Waals surface area contributed by atoms with E-state index in [9.17, 15) is 4.79 Å². The van der Waals surface area contributed by atoms with Crippen molar-refractivity contribution in [3.63, 3.8) is 0 Å². The maximum atomic E-state index is 11.4. The van der Waals surface area contributed by atoms with Crippen molar-refractivity contribution in [1.82, 2.24) is 19.9 Å². The molecule has 7 heteroatoms. The van der Waals surface area contributed by atoms with Crippen molar-refractivity contribution >= 4 is 15.9 Å². The summed E-state index contributed by atoms with van der Waals surface area (Å²) in [7, 11) is 1.50. The summed E-state index contributed by atoms with van der Waals surface area (Å²) in [5.74, 6) is 0.782. The van der Waals surface area contributed by atoms with Gasteiger partial charge in [0.2, 0.25) is 5.88 Å². The first-order valence-corrected chi connectivity index (χ1v) is 5.11. The Balaban J connectivity index is 2.50. The molecule has 0 amide bonds. The second kappa shape index (κ2) is 4.40. The van der Waals surface area contributed by atoms with Gasteiger partial charge in [-0.05, 0) is 15.9 Å². The quantitative estimate of drug-likeness (QED) is 0.889. The minimum Gasteiger partial charge on any atom is -0.481 e. The number of nitrogens with zero attached hydrogens (tertiary/aromatic N) is 3. The fourth-order valence-corrected chi connectivity index (χ4v) is 1.29. The Morgan fingerprint density at radius 2 is 2.19 bits per heavy atom. The molecular formula is C9H7BrN4O2. The highest BCUT2D eigenvalue weighted by Gasteiger charge is 2.05. The maximum Gasteiger partial charge on any atom is 0.265 e. The SMILES string of the molecule is COc1cc(-c2ncc(Br)c(=O)[nH]2)ncn1. The zero-order valence-corrected chi connectivity index (χ0v) is 9.85. The molecule has 2 heterocycles. The van der Waals surface area contributed by atoms with E-state index in [0.717, 1.165) is 0 Å². The van der Waals surface area contributed by atoms with Gasteiger partial charge in [-0.3, -0.25) is 4.79 Å². The highest BCUT2D eigenvalue weighted by Crippen LogP contribution is 2.14. The summed E-state index contributed by atoms with van der Waals surface area (Å²) >= 11 is 3.07. The van der Waals surface area contributed by atoms with Gasteiger partial charge in [0.25, 0.3) is 5.56 Å². The van der Waals surface area contributed by atoms with E-state index >= 15 is 0 Å². The number of H-pyrrole nitrogens is 1. The van der Waals surface area contributed by atoms with Crippen LogP contribution in [-0.2, 0) is 0 Å². The average Bonchev–Trinajstić information content (AvgIpc) is 2.33. The standard InChI is InChI=1S/C9H7BrN4O2/c1-16-7-2-6(12-4-13-7)8-11-3-5(10)9(15)14-8/h2-4H,1H3,(H,11,14,15). The third-order valence-corrected chi connectivity index (χ3v) is 2.41. The van der Waals surface area contributed by atoms with Crippen LogP contribution in [0.1, 0.15) is 0 Å². The summed E-state index contributed by atoms with van der Waals surface area (Å²) in [5.41, 5.74) is 0.235. The molecule has 0 radical (unpaired) electrons. The van der Waals surface area contributed by atoms with Crippen LogP contribution in [0.5, 0.6) is 5.88 Å². The summed E-state index contributed by atoms with van der Waals surface area (Å²) < 4.78 is 5.32. The van der Waals surface area contributed by atoms with Crippen LogP contribution in [0.25, 0.3) is 11.5 Å². The molecule has 0 aliphatic heterocycles. The van der Waals surface area contributed by atoms with Crippen LogP contribution in [0.15, 0.2) is 27.9 Å². The molecule has 6 nitrogen and oxygen atoms in total. The minimum atomic E-state index is -0.262. The van der Waals surface area contributed by atoms with Gasteiger partial charge in [-0.15, -0.1) is 0 Å². The molecule has 0 aliphatic rings. The van der Waals surface area contributed by atoms with Gasteiger partial charge >= 0.3 is 0 Å². The van der Waals surface area contributed by atoms with E-state index < -0.39 is 0 Å². The second-order valence-corrected chi connectivity index (χ2v) is 3.71. The summed E-state index contributed by atoms with van der Waals surface area (Å²) in [4.78, 5) is 25.8. The first kappa shape index (κ1) is 10.7. The zero-order chi connectivity index (χ0) is 11.5. The first-order valence-electron chi connectivity index (χ1n) is 4.32. The fraction of sp³-hybridized carbons (Fsp3) is 0.111. The number of hydrogen-bond donors (Lipinski definition) is 1. The van der Waals surface area contributed by atoms with Crippen molar-refractivity contribution in [3.05, 3.63) is 33.4 Å². The topological polar surface area (TPSA) is 80.8 Å². The van der Waals surface area contributed by atoms with Crippen LogP contribution >= 0.6 is 15.9 Å². The number of nitrogens with one attached hydrogen (secondary N) is 1. The Labute approximate surface area is 98.9 Å². The van der Waals surface area contributed by atoms with Gasteiger partial charge < -0.3 is 9.72 Å². The molecule has 2 aromatic heterocycles. The van der Waals surface area contributed by atoms with Crippen LogP contribution in [0.3, 0.4) is 0 Å². The highest BCUT2D eigenvalue weighted by atomic mass is 79.9. The molecular weight excluding hydrogens is 276 g/mol. The molecule has 0 aromatic carbocycles. The van der Waals surface area contributed by atoms with Gasteiger partial charge in [0.05, 0.1) is 7.11 Å². The third-order valence-electron chi connectivity index (χ3n) is 1.85. The van der Waals surface area contributed by atoms with Crippen molar-refractivity contribution in [1.29, 1.82) is 0 Å². The van der Waals surface area contributed by atoms with Gasteiger partial charge in [0.1, 0.15) is 16.5 Å². The first-order chi connectivity index (χ1) is 7.70. The van der Waals surface area contributed by atoms with Crippen molar-refractivity contribution in [2.75, 3.05) is 7.11 Å². The normalized spacial score (nSPS) is 10.1. The Hall–Kier alpha value is -1.76. The van der Waals surface area contributed by atoms with Crippen LogP contribution in [0.4, 0.5) is 0 Å². The van der Waals surface area contributed by atoms with Crippen molar-refractivity contribution in [3.8, 4) is 17.4 Å². The van der Waals surface area contributed by atoms with Crippen LogP contribution in [-0.4, -0.2) is 27.0 Å². The van der Waals surface area contributed by atoms with E-state index in [4.69, 9.17) is 4.74 Å². The minimum absolute atomic E-state index is 0.262. The Morgan fingerprint density at radius 3 is 2.88 bits per heavy atom. The number of ether oxygens (including phenoxy) is 1. The van der Waals surface area contributed by atoms with E-state index in [1.54, 1.807) is 6.07 Å². The van der Waals surface area contributed by atoms with Crippen molar-refractivity contribution in [2.24, 2.45) is 0 Å². The number of halogens is 1. The van der Waals surface area contributed by atoms with Crippen LogP contribution < -0.4 is 10.3 Å². The van der Waals surface area contributed by atoms with Crippen molar-refractivity contribution < 1.29 is 4.74 Å². The predicted molar refractivity (Wildman–Crippen MR) is 60.1 cm³/mol. The summed E-state index contributed by atoms with van der Waals surface area (Å²) in [6, 6.07) is 1.59. The third kappa shape index (κ3) is 2.08. The molecule has 0 aliphatic carbocycles. The number of rotatable bonds is 2. The van der Waals surface area contributed by atoms with E-state index in [-0.39, 0.29) is 5.56 Å². The van der Waals surface area contributed by atoms with Crippen LogP contribution in [0.2, 0.25) is 0 Å². The highest BCUT2D eigenvalue weighted by molar-refractivity contribution is 9.10. The number of methoxy groups -OCH3 is 1. The molecule has 82 valence electrons. The predicted octanol–water partition coefficient (Wildman–Crippen LogP) is 0.998. The number of aromatic nitrogens is 4. The van der Waals surface area contributed by atoms with Crippen molar-refractivity contribution in [2.45, 2.75) is 0 Å². The van der Waals surface area contributed by atoms with Gasteiger partial charge in [-0.1, -0.05) is 0 Å². The number of hydrogen-bond acceptors (Lipinski definition) is 5. The summed E-state index contributed by atoms with van der Waals surface area (Å²) in [6.07, 6.45) is 2.76. The molecule has 2 rings (SSSR count). The van der Waals surface area contributed by atoms with E-state index in [2.05, 4.69) is 35.9 Å². The van der Waals surface area contributed by atoms with Gasteiger partial charge in [-0.2, -0.15) is 0 Å². The van der Waals surface area contributed by atoms with Gasteiger partial charge in [0.15, 0.2) is 5.82 Å². The Bertz CT molecular complexity index is 569. The maximum absolute atomic E-state index is 11.4. The number of aromatic amines is 1. The molecule has 16 heavy (non-hydrogen) atoms. The molecule has 1 N–H and O–H groups in total. The molecule has 0 atom stereocenters. The lowest BCUT2D eigenvalue weighted by Gasteiger charge is -2.01. The second-order valence-electron chi connectivity index (χ2n) is 2.85. The van der Waals surface area contributed by atoms with E-state index in [1.165, 1.54) is 19.6 Å². The Kier molecular flexibility index (Phi) is 2.95. The smallest absolute Gasteiger partial charge is 0.265 e. The van der Waals surface area contributed by atoms with E-state index in [0.29, 0.717) is 21.9 Å². The Morgan fingerprint density at radius 1 is 1.38 bits per heavy atom. The lowest BCUT2D eigenvalue weighted by molar-refractivity contribution is 0.397. The molecule has 2 aromatic rings. The molecule has 0 bridgehead atoms. The van der Waals surface area contributed by atoms with Gasteiger partial charge in [-0.25, -0.2) is 15.0 Å². The summed E-state index contributed by atoms with van der Waals surface area (Å²) in [5, 5.41) is 0. The summed E-state index contributed by atoms with van der Waals surface area (Å²) in [6.45, 7) is 0. The lowest BCUT2D eigenvalue weighted by atomic mass is 10.4. The molecule has 0 saturated carbocycles. The van der Waals surface area contributed by atoms with Crippen LogP contribution in [0, 0.1) is 0 Å². The van der Waals surface area contributed by atoms with Gasteiger partial charge in [0, 0.05) is 12.3 Å². The largest absolute Gasteiger partial charge is 0.481 e.